The second kappa shape index (κ2) is 7.56. The number of ether oxygens (including phenoxy) is 1. The van der Waals surface area contributed by atoms with Gasteiger partial charge < -0.3 is 9.64 Å². The Morgan fingerprint density at radius 2 is 1.93 bits per heavy atom. The van der Waals surface area contributed by atoms with Gasteiger partial charge in [-0.05, 0) is 59.1 Å². The standard InChI is InChI=1S/C19H19BrN2O5S/c1-11-8-13-9-15(20)18(10-17(13)22(11)12(2)23)28(25,26)21-16-7-5-4-6-14(16)19(24)27-3/h4-7,9-11,21H,8H2,1-3H3. The van der Waals surface area contributed by atoms with E-state index in [9.17, 15) is 18.0 Å². The van der Waals surface area contributed by atoms with Gasteiger partial charge in [0.25, 0.3) is 10.0 Å². The van der Waals surface area contributed by atoms with Crippen LogP contribution in [0.2, 0.25) is 0 Å². The zero-order chi connectivity index (χ0) is 20.6. The fourth-order valence-electron chi connectivity index (χ4n) is 3.36. The van der Waals surface area contributed by atoms with Crippen molar-refractivity contribution in [2.75, 3.05) is 16.7 Å². The van der Waals surface area contributed by atoms with E-state index < -0.39 is 16.0 Å². The second-order valence-corrected chi connectivity index (χ2v) is 9.00. The van der Waals surface area contributed by atoms with Crippen LogP contribution in [0.1, 0.15) is 29.8 Å². The number of para-hydroxylation sites is 1. The van der Waals surface area contributed by atoms with E-state index in [0.29, 0.717) is 16.6 Å². The quantitative estimate of drug-likeness (QED) is 0.697. The van der Waals surface area contributed by atoms with Gasteiger partial charge in [0.1, 0.15) is 4.90 Å². The summed E-state index contributed by atoms with van der Waals surface area (Å²) in [7, 11) is -2.81. The van der Waals surface area contributed by atoms with Gasteiger partial charge in [0.2, 0.25) is 5.91 Å². The van der Waals surface area contributed by atoms with Crippen LogP contribution in [-0.2, 0) is 26.0 Å². The van der Waals surface area contributed by atoms with Gasteiger partial charge in [0.05, 0.1) is 18.4 Å². The number of nitrogens with zero attached hydrogens (tertiary/aromatic N) is 1. The molecule has 0 bridgehead atoms. The van der Waals surface area contributed by atoms with E-state index in [0.717, 1.165) is 5.56 Å². The van der Waals surface area contributed by atoms with Crippen LogP contribution >= 0.6 is 15.9 Å². The number of amides is 1. The molecule has 3 rings (SSSR count). The summed E-state index contributed by atoms with van der Waals surface area (Å²) in [5.41, 5.74) is 1.68. The summed E-state index contributed by atoms with van der Waals surface area (Å²) in [4.78, 5) is 25.5. The molecular formula is C19H19BrN2O5S. The first-order valence-corrected chi connectivity index (χ1v) is 10.8. The molecule has 1 aliphatic rings. The minimum Gasteiger partial charge on any atom is -0.465 e. The van der Waals surface area contributed by atoms with Crippen LogP contribution < -0.4 is 9.62 Å². The molecule has 1 amide bonds. The zero-order valence-electron chi connectivity index (χ0n) is 15.5. The number of hydrogen-bond acceptors (Lipinski definition) is 5. The Morgan fingerprint density at radius 1 is 1.25 bits per heavy atom. The van der Waals surface area contributed by atoms with Crippen molar-refractivity contribution in [1.82, 2.24) is 0 Å². The Kier molecular flexibility index (Phi) is 5.49. The molecule has 9 heteroatoms. The predicted octanol–water partition coefficient (Wildman–Crippen LogP) is 3.33. The molecule has 1 atom stereocenters. The normalized spacial score (nSPS) is 15.9. The van der Waals surface area contributed by atoms with Crippen LogP contribution in [-0.4, -0.2) is 33.4 Å². The number of nitrogens with one attached hydrogen (secondary N) is 1. The van der Waals surface area contributed by atoms with Gasteiger partial charge in [-0.2, -0.15) is 0 Å². The van der Waals surface area contributed by atoms with Crippen LogP contribution in [0.3, 0.4) is 0 Å². The van der Waals surface area contributed by atoms with Crippen molar-refractivity contribution in [1.29, 1.82) is 0 Å². The molecule has 0 radical (unpaired) electrons. The highest BCUT2D eigenvalue weighted by atomic mass is 79.9. The number of benzene rings is 2. The molecule has 2 aromatic carbocycles. The number of esters is 1. The first-order valence-electron chi connectivity index (χ1n) is 8.48. The maximum Gasteiger partial charge on any atom is 0.339 e. The fourth-order valence-corrected chi connectivity index (χ4v) is 5.55. The number of methoxy groups -OCH3 is 1. The Hall–Kier alpha value is -2.39. The number of carbonyl (C=O) groups is 2. The summed E-state index contributed by atoms with van der Waals surface area (Å²) in [6, 6.07) is 9.33. The molecule has 0 aromatic heterocycles. The summed E-state index contributed by atoms with van der Waals surface area (Å²) in [6.07, 6.45) is 0.645. The smallest absolute Gasteiger partial charge is 0.339 e. The number of halogens is 1. The lowest BCUT2D eigenvalue weighted by Crippen LogP contribution is -2.33. The molecule has 2 aromatic rings. The largest absolute Gasteiger partial charge is 0.465 e. The summed E-state index contributed by atoms with van der Waals surface area (Å²) in [5.74, 6) is -0.802. The highest BCUT2D eigenvalue weighted by Crippen LogP contribution is 2.38. The maximum atomic E-state index is 13.0. The van der Waals surface area contributed by atoms with Crippen LogP contribution in [0.5, 0.6) is 0 Å². The number of sulfonamides is 1. The molecule has 7 nitrogen and oxygen atoms in total. The molecule has 1 unspecified atom stereocenters. The highest BCUT2D eigenvalue weighted by molar-refractivity contribution is 9.10. The Bertz CT molecular complexity index is 1070. The minimum atomic E-state index is -4.04. The Balaban J connectivity index is 2.05. The van der Waals surface area contributed by atoms with Crippen molar-refractivity contribution >= 4 is 49.2 Å². The van der Waals surface area contributed by atoms with E-state index in [2.05, 4.69) is 20.7 Å². The van der Waals surface area contributed by atoms with Gasteiger partial charge in [0, 0.05) is 23.1 Å². The van der Waals surface area contributed by atoms with Gasteiger partial charge >= 0.3 is 5.97 Å². The third kappa shape index (κ3) is 3.64. The van der Waals surface area contributed by atoms with Gasteiger partial charge in [-0.3, -0.25) is 9.52 Å². The number of anilines is 2. The molecule has 0 saturated carbocycles. The molecule has 1 N–H and O–H groups in total. The van der Waals surface area contributed by atoms with Gasteiger partial charge in [-0.25, -0.2) is 13.2 Å². The molecule has 0 saturated heterocycles. The van der Waals surface area contributed by atoms with E-state index in [1.165, 1.54) is 32.2 Å². The van der Waals surface area contributed by atoms with E-state index in [4.69, 9.17) is 4.74 Å². The topological polar surface area (TPSA) is 92.8 Å². The lowest BCUT2D eigenvalue weighted by molar-refractivity contribution is -0.116. The van der Waals surface area contributed by atoms with Crippen LogP contribution in [0.25, 0.3) is 0 Å². The minimum absolute atomic E-state index is 0.0220. The molecule has 0 aliphatic carbocycles. The predicted molar refractivity (Wildman–Crippen MR) is 109 cm³/mol. The lowest BCUT2D eigenvalue weighted by atomic mass is 10.1. The number of carbonyl (C=O) groups excluding carboxylic acids is 2. The van der Waals surface area contributed by atoms with Crippen molar-refractivity contribution in [3.05, 3.63) is 52.0 Å². The third-order valence-electron chi connectivity index (χ3n) is 4.55. The monoisotopic (exact) mass is 466 g/mol. The van der Waals surface area contributed by atoms with E-state index >= 15 is 0 Å². The maximum absolute atomic E-state index is 13.0. The molecule has 1 aliphatic heterocycles. The Labute approximate surface area is 171 Å². The van der Waals surface area contributed by atoms with Crippen molar-refractivity contribution in [2.45, 2.75) is 31.2 Å². The first-order chi connectivity index (χ1) is 13.2. The SMILES string of the molecule is COC(=O)c1ccccc1NS(=O)(=O)c1cc2c(cc1Br)CC(C)N2C(C)=O. The van der Waals surface area contributed by atoms with E-state index in [1.54, 1.807) is 23.1 Å². The average Bonchev–Trinajstić information content (AvgIpc) is 2.95. The van der Waals surface area contributed by atoms with Crippen molar-refractivity contribution in [3.63, 3.8) is 0 Å². The van der Waals surface area contributed by atoms with Crippen molar-refractivity contribution in [3.8, 4) is 0 Å². The lowest BCUT2D eigenvalue weighted by Gasteiger charge is -2.21. The van der Waals surface area contributed by atoms with Gasteiger partial charge in [-0.15, -0.1) is 0 Å². The van der Waals surface area contributed by atoms with Crippen LogP contribution in [0.4, 0.5) is 11.4 Å². The number of rotatable bonds is 4. The average molecular weight is 467 g/mol. The Morgan fingerprint density at radius 3 is 2.57 bits per heavy atom. The molecule has 28 heavy (non-hydrogen) atoms. The third-order valence-corrected chi connectivity index (χ3v) is 6.88. The molecule has 1 heterocycles. The van der Waals surface area contributed by atoms with Crippen molar-refractivity contribution < 1.29 is 22.7 Å². The number of hydrogen-bond donors (Lipinski definition) is 1. The molecule has 0 spiro atoms. The zero-order valence-corrected chi connectivity index (χ0v) is 17.9. The molecule has 148 valence electrons. The van der Waals surface area contributed by atoms with Crippen molar-refractivity contribution in [2.24, 2.45) is 0 Å². The fraction of sp³-hybridized carbons (Fsp3) is 0.263. The van der Waals surface area contributed by atoms with Crippen LogP contribution in [0.15, 0.2) is 45.8 Å². The summed E-state index contributed by atoms with van der Waals surface area (Å²) >= 11 is 3.32. The van der Waals surface area contributed by atoms with E-state index in [1.807, 2.05) is 6.92 Å². The number of fused-ring (bicyclic) bond motifs is 1. The molecular weight excluding hydrogens is 448 g/mol. The second-order valence-electron chi connectivity index (χ2n) is 6.50. The highest BCUT2D eigenvalue weighted by Gasteiger charge is 2.32. The van der Waals surface area contributed by atoms with Gasteiger partial charge in [0.15, 0.2) is 0 Å². The van der Waals surface area contributed by atoms with E-state index in [-0.39, 0.29) is 28.1 Å². The molecule has 0 fully saturated rings. The summed E-state index contributed by atoms with van der Waals surface area (Å²) in [6.45, 7) is 3.36. The summed E-state index contributed by atoms with van der Waals surface area (Å²) < 4.78 is 33.6. The van der Waals surface area contributed by atoms with Crippen LogP contribution in [0, 0.1) is 0 Å². The van der Waals surface area contributed by atoms with Gasteiger partial charge in [-0.1, -0.05) is 12.1 Å². The first kappa shape index (κ1) is 20.3. The summed E-state index contributed by atoms with van der Waals surface area (Å²) in [5, 5.41) is 0.